The number of rotatable bonds is 3. The van der Waals surface area contributed by atoms with Crippen LogP contribution in [0.15, 0.2) is 58.4 Å². The lowest BCUT2D eigenvalue weighted by Crippen LogP contribution is -2.21. The number of nitrogens with zero attached hydrogens (tertiary/aromatic N) is 2. The van der Waals surface area contributed by atoms with Gasteiger partial charge < -0.3 is 4.98 Å². The lowest BCUT2D eigenvalue weighted by molar-refractivity contribution is 0.0956. The molecular formula is C17H14N4O2. The van der Waals surface area contributed by atoms with Crippen molar-refractivity contribution in [3.05, 3.63) is 75.8 Å². The van der Waals surface area contributed by atoms with E-state index >= 15 is 0 Å². The number of benzene rings is 2. The molecule has 0 aliphatic heterocycles. The van der Waals surface area contributed by atoms with Crippen molar-refractivity contribution in [3.63, 3.8) is 0 Å². The van der Waals surface area contributed by atoms with Crippen molar-refractivity contribution >= 4 is 23.0 Å². The maximum atomic E-state index is 12.3. The van der Waals surface area contributed by atoms with Gasteiger partial charge in [-0.25, -0.2) is 10.4 Å². The van der Waals surface area contributed by atoms with Crippen LogP contribution in [0.25, 0.3) is 10.9 Å². The molecule has 1 amide bonds. The standard InChI is InChI=1S/C17H14N4O2/c1-11-19-14-9-5-8-13(15(14)17(23)20-11)16(22)21-18-10-12-6-3-2-4-7-12/h2-10H,1H3,(H,21,22)(H,19,20,23)/b18-10-. The first-order valence-electron chi connectivity index (χ1n) is 7.03. The Bertz CT molecular complexity index is 946. The quantitative estimate of drug-likeness (QED) is 0.573. The number of aromatic nitrogens is 2. The van der Waals surface area contributed by atoms with Crippen LogP contribution in [0, 0.1) is 6.92 Å². The van der Waals surface area contributed by atoms with Gasteiger partial charge in [0.2, 0.25) is 0 Å². The molecule has 3 rings (SSSR count). The maximum Gasteiger partial charge on any atom is 0.272 e. The summed E-state index contributed by atoms with van der Waals surface area (Å²) in [5.41, 5.74) is 3.67. The Hall–Kier alpha value is -3.28. The van der Waals surface area contributed by atoms with Gasteiger partial charge in [0.05, 0.1) is 22.7 Å². The van der Waals surface area contributed by atoms with E-state index in [9.17, 15) is 9.59 Å². The second-order valence-electron chi connectivity index (χ2n) is 4.96. The van der Waals surface area contributed by atoms with Gasteiger partial charge in [0.25, 0.3) is 11.5 Å². The van der Waals surface area contributed by atoms with E-state index in [-0.39, 0.29) is 16.5 Å². The molecule has 0 bridgehead atoms. The van der Waals surface area contributed by atoms with Gasteiger partial charge in [-0.05, 0) is 24.6 Å². The summed E-state index contributed by atoms with van der Waals surface area (Å²) in [5, 5.41) is 4.17. The molecule has 0 radical (unpaired) electrons. The van der Waals surface area contributed by atoms with E-state index in [1.165, 1.54) is 6.21 Å². The van der Waals surface area contributed by atoms with Crippen molar-refractivity contribution < 1.29 is 4.79 Å². The molecule has 6 nitrogen and oxygen atoms in total. The third-order valence-corrected chi connectivity index (χ3v) is 3.28. The Morgan fingerprint density at radius 1 is 1.17 bits per heavy atom. The number of aryl methyl sites for hydroxylation is 1. The first-order valence-corrected chi connectivity index (χ1v) is 7.03. The summed E-state index contributed by atoms with van der Waals surface area (Å²) < 4.78 is 0. The molecule has 2 aromatic carbocycles. The van der Waals surface area contributed by atoms with E-state index in [1.54, 1.807) is 25.1 Å². The van der Waals surface area contributed by atoms with Crippen LogP contribution in [0.3, 0.4) is 0 Å². The molecule has 0 spiro atoms. The molecule has 1 aromatic heterocycles. The van der Waals surface area contributed by atoms with E-state index in [4.69, 9.17) is 0 Å². The molecule has 114 valence electrons. The van der Waals surface area contributed by atoms with Crippen LogP contribution in [0.2, 0.25) is 0 Å². The zero-order chi connectivity index (χ0) is 16.2. The van der Waals surface area contributed by atoms with Crippen molar-refractivity contribution in [2.75, 3.05) is 0 Å². The normalized spacial score (nSPS) is 11.0. The molecule has 6 heteroatoms. The molecule has 0 saturated heterocycles. The molecular weight excluding hydrogens is 292 g/mol. The van der Waals surface area contributed by atoms with Crippen LogP contribution >= 0.6 is 0 Å². The molecule has 0 aliphatic carbocycles. The second kappa shape index (κ2) is 6.23. The highest BCUT2D eigenvalue weighted by Crippen LogP contribution is 2.12. The van der Waals surface area contributed by atoms with Crippen LogP contribution in [-0.4, -0.2) is 22.1 Å². The third kappa shape index (κ3) is 3.16. The van der Waals surface area contributed by atoms with Crippen LogP contribution < -0.4 is 11.0 Å². The average Bonchev–Trinajstić information content (AvgIpc) is 2.55. The molecule has 3 aromatic rings. The zero-order valence-corrected chi connectivity index (χ0v) is 12.4. The summed E-state index contributed by atoms with van der Waals surface area (Å²) in [6, 6.07) is 14.3. The number of hydrogen-bond donors (Lipinski definition) is 2. The molecule has 1 heterocycles. The molecule has 0 aliphatic rings. The maximum absolute atomic E-state index is 12.3. The summed E-state index contributed by atoms with van der Waals surface area (Å²) in [5.74, 6) is 0.0427. The van der Waals surface area contributed by atoms with E-state index in [0.29, 0.717) is 11.3 Å². The summed E-state index contributed by atoms with van der Waals surface area (Å²) in [4.78, 5) is 31.2. The van der Waals surface area contributed by atoms with Crippen LogP contribution in [0.1, 0.15) is 21.7 Å². The minimum atomic E-state index is -0.459. The van der Waals surface area contributed by atoms with Crippen LogP contribution in [0.4, 0.5) is 0 Å². The molecule has 23 heavy (non-hydrogen) atoms. The average molecular weight is 306 g/mol. The summed E-state index contributed by atoms with van der Waals surface area (Å²) in [7, 11) is 0. The lowest BCUT2D eigenvalue weighted by atomic mass is 10.1. The Labute approximate surface area is 131 Å². The number of H-pyrrole nitrogens is 1. The van der Waals surface area contributed by atoms with Gasteiger partial charge in [0, 0.05) is 0 Å². The Kier molecular flexibility index (Phi) is 3.97. The summed E-state index contributed by atoms with van der Waals surface area (Å²) >= 11 is 0. The molecule has 0 unspecified atom stereocenters. The highest BCUT2D eigenvalue weighted by molar-refractivity contribution is 6.06. The van der Waals surface area contributed by atoms with Gasteiger partial charge in [-0.2, -0.15) is 5.10 Å². The van der Waals surface area contributed by atoms with Crippen molar-refractivity contribution in [2.24, 2.45) is 5.10 Å². The van der Waals surface area contributed by atoms with E-state index in [2.05, 4.69) is 20.5 Å². The Morgan fingerprint density at radius 3 is 2.74 bits per heavy atom. The van der Waals surface area contributed by atoms with Gasteiger partial charge in [0.1, 0.15) is 5.82 Å². The zero-order valence-electron chi connectivity index (χ0n) is 12.4. The van der Waals surface area contributed by atoms with Gasteiger partial charge >= 0.3 is 0 Å². The fourth-order valence-corrected chi connectivity index (χ4v) is 2.26. The molecule has 2 N–H and O–H groups in total. The van der Waals surface area contributed by atoms with Crippen LogP contribution in [-0.2, 0) is 0 Å². The number of hydrazone groups is 1. The second-order valence-corrected chi connectivity index (χ2v) is 4.96. The third-order valence-electron chi connectivity index (χ3n) is 3.28. The highest BCUT2D eigenvalue weighted by atomic mass is 16.2. The van der Waals surface area contributed by atoms with Gasteiger partial charge in [-0.3, -0.25) is 9.59 Å². The Balaban J connectivity index is 1.90. The van der Waals surface area contributed by atoms with Crippen LogP contribution in [0.5, 0.6) is 0 Å². The fourth-order valence-electron chi connectivity index (χ4n) is 2.26. The fraction of sp³-hybridized carbons (Fsp3) is 0.0588. The first-order chi connectivity index (χ1) is 11.1. The topological polar surface area (TPSA) is 87.2 Å². The molecule has 0 fully saturated rings. The largest absolute Gasteiger partial charge is 0.310 e. The summed E-state index contributed by atoms with van der Waals surface area (Å²) in [6.07, 6.45) is 1.54. The number of amides is 1. The molecule has 0 atom stereocenters. The van der Waals surface area contributed by atoms with Gasteiger partial charge in [-0.1, -0.05) is 36.4 Å². The molecule has 0 saturated carbocycles. The number of aromatic amines is 1. The van der Waals surface area contributed by atoms with E-state index in [0.717, 1.165) is 5.56 Å². The predicted octanol–water partition coefficient (Wildman–Crippen LogP) is 2.00. The van der Waals surface area contributed by atoms with Gasteiger partial charge in [0.15, 0.2) is 0 Å². The van der Waals surface area contributed by atoms with E-state index in [1.807, 2.05) is 30.3 Å². The number of carbonyl (C=O) groups excluding carboxylic acids is 1. The summed E-state index contributed by atoms with van der Waals surface area (Å²) in [6.45, 7) is 1.69. The Morgan fingerprint density at radius 2 is 1.96 bits per heavy atom. The first kappa shape index (κ1) is 14.6. The SMILES string of the molecule is Cc1nc2cccc(C(=O)N/N=C\c3ccccc3)c2c(=O)[nH]1. The number of nitrogens with one attached hydrogen (secondary N) is 2. The van der Waals surface area contributed by atoms with Crippen molar-refractivity contribution in [3.8, 4) is 0 Å². The minimum absolute atomic E-state index is 0.237. The number of fused-ring (bicyclic) bond motifs is 1. The monoisotopic (exact) mass is 306 g/mol. The smallest absolute Gasteiger partial charge is 0.272 e. The van der Waals surface area contributed by atoms with E-state index < -0.39 is 5.91 Å². The minimum Gasteiger partial charge on any atom is -0.310 e. The highest BCUT2D eigenvalue weighted by Gasteiger charge is 2.13. The lowest BCUT2D eigenvalue weighted by Gasteiger charge is -2.04. The van der Waals surface area contributed by atoms with Crippen molar-refractivity contribution in [1.29, 1.82) is 0 Å². The number of carbonyl (C=O) groups is 1. The van der Waals surface area contributed by atoms with Crippen molar-refractivity contribution in [1.82, 2.24) is 15.4 Å². The predicted molar refractivity (Wildman–Crippen MR) is 88.6 cm³/mol. The van der Waals surface area contributed by atoms with Gasteiger partial charge in [-0.15, -0.1) is 0 Å². The number of hydrogen-bond acceptors (Lipinski definition) is 4. The van der Waals surface area contributed by atoms with Crippen molar-refractivity contribution in [2.45, 2.75) is 6.92 Å².